The average Bonchev–Trinajstić information content (AvgIpc) is 3.34. The van der Waals surface area contributed by atoms with E-state index in [0.29, 0.717) is 24.8 Å². The highest BCUT2D eigenvalue weighted by Crippen LogP contribution is 2.44. The molecule has 6 rings (SSSR count). The summed E-state index contributed by atoms with van der Waals surface area (Å²) in [6, 6.07) is 3.50. The molecule has 2 aliphatic carbocycles. The van der Waals surface area contributed by atoms with Crippen molar-refractivity contribution in [2.75, 3.05) is 31.1 Å². The number of carbonyl (C=O) groups is 1. The van der Waals surface area contributed by atoms with Crippen LogP contribution in [0.1, 0.15) is 58.9 Å². The van der Waals surface area contributed by atoms with E-state index in [1.54, 1.807) is 18.4 Å². The zero-order valence-corrected chi connectivity index (χ0v) is 18.1. The molecule has 7 heteroatoms. The minimum atomic E-state index is -0.0203. The zero-order valence-electron chi connectivity index (χ0n) is 17.3. The fourth-order valence-electron chi connectivity index (χ4n) is 4.77. The monoisotopic (exact) mass is 422 g/mol. The zero-order chi connectivity index (χ0) is 20.2. The molecule has 1 saturated carbocycles. The molecule has 1 atom stereocenters. The molecule has 0 radical (unpaired) electrons. The number of fused-ring (bicyclic) bond motifs is 3. The van der Waals surface area contributed by atoms with Crippen LogP contribution in [0.2, 0.25) is 0 Å². The first kappa shape index (κ1) is 18.4. The van der Waals surface area contributed by atoms with E-state index in [1.165, 1.54) is 46.3 Å². The molecule has 4 heterocycles. The summed E-state index contributed by atoms with van der Waals surface area (Å²) < 4.78 is 5.30. The molecule has 0 unspecified atom stereocenters. The molecule has 1 saturated heterocycles. The average molecular weight is 423 g/mol. The minimum absolute atomic E-state index is 0.0203. The number of rotatable bonds is 3. The molecule has 0 N–H and O–H groups in total. The van der Waals surface area contributed by atoms with E-state index in [1.807, 2.05) is 16.2 Å². The van der Waals surface area contributed by atoms with Crippen LogP contribution in [0.5, 0.6) is 0 Å². The summed E-state index contributed by atoms with van der Waals surface area (Å²) in [4.78, 5) is 29.7. The Balaban J connectivity index is 1.33. The SMILES string of the molecule is C[C@H]1CCc2c(sc3nc(C4CC4)nc(N4CCN(C(=O)c5ccco5)CC4)c23)C1. The van der Waals surface area contributed by atoms with Gasteiger partial charge in [0.2, 0.25) is 0 Å². The number of furan rings is 1. The lowest BCUT2D eigenvalue weighted by molar-refractivity contribution is 0.0714. The van der Waals surface area contributed by atoms with Crippen LogP contribution in [0.15, 0.2) is 22.8 Å². The van der Waals surface area contributed by atoms with Gasteiger partial charge in [-0.25, -0.2) is 9.97 Å². The van der Waals surface area contributed by atoms with Crippen LogP contribution in [0.3, 0.4) is 0 Å². The molecule has 156 valence electrons. The number of aromatic nitrogens is 2. The van der Waals surface area contributed by atoms with Crippen LogP contribution in [-0.2, 0) is 12.8 Å². The molecular formula is C23H26N4O2S. The predicted octanol–water partition coefficient (Wildman–Crippen LogP) is 4.25. The lowest BCUT2D eigenvalue weighted by Crippen LogP contribution is -2.49. The van der Waals surface area contributed by atoms with Gasteiger partial charge in [0.05, 0.1) is 11.6 Å². The highest BCUT2D eigenvalue weighted by atomic mass is 32.1. The summed E-state index contributed by atoms with van der Waals surface area (Å²) in [5, 5.41) is 1.29. The van der Waals surface area contributed by atoms with Crippen LogP contribution in [-0.4, -0.2) is 47.0 Å². The maximum Gasteiger partial charge on any atom is 0.289 e. The largest absolute Gasteiger partial charge is 0.459 e. The van der Waals surface area contributed by atoms with Gasteiger partial charge in [0.1, 0.15) is 16.5 Å². The van der Waals surface area contributed by atoms with E-state index in [-0.39, 0.29) is 5.91 Å². The van der Waals surface area contributed by atoms with Crippen molar-refractivity contribution >= 4 is 33.3 Å². The second-order valence-corrected chi connectivity index (χ2v) is 10.1. The van der Waals surface area contributed by atoms with Crippen molar-refractivity contribution < 1.29 is 9.21 Å². The minimum Gasteiger partial charge on any atom is -0.459 e. The molecule has 6 nitrogen and oxygen atoms in total. The number of amides is 1. The number of aryl methyl sites for hydroxylation is 1. The third-order valence-electron chi connectivity index (χ3n) is 6.69. The number of thiophene rings is 1. The third-order valence-corrected chi connectivity index (χ3v) is 7.84. The van der Waals surface area contributed by atoms with E-state index >= 15 is 0 Å². The van der Waals surface area contributed by atoms with Crippen LogP contribution in [0.4, 0.5) is 5.82 Å². The normalized spacial score (nSPS) is 21.8. The Morgan fingerprint density at radius 2 is 2.00 bits per heavy atom. The number of hydrogen-bond donors (Lipinski definition) is 0. The third kappa shape index (κ3) is 3.11. The molecule has 0 spiro atoms. The summed E-state index contributed by atoms with van der Waals surface area (Å²) in [5.41, 5.74) is 1.49. The maximum absolute atomic E-state index is 12.6. The number of anilines is 1. The van der Waals surface area contributed by atoms with E-state index in [4.69, 9.17) is 14.4 Å². The molecule has 1 aliphatic heterocycles. The van der Waals surface area contributed by atoms with Crippen LogP contribution in [0.25, 0.3) is 10.2 Å². The van der Waals surface area contributed by atoms with Gasteiger partial charge in [-0.3, -0.25) is 4.79 Å². The highest BCUT2D eigenvalue weighted by molar-refractivity contribution is 7.19. The molecule has 2 fully saturated rings. The van der Waals surface area contributed by atoms with E-state index in [0.717, 1.165) is 37.1 Å². The quantitative estimate of drug-likeness (QED) is 0.631. The van der Waals surface area contributed by atoms with Gasteiger partial charge in [-0.15, -0.1) is 11.3 Å². The smallest absolute Gasteiger partial charge is 0.289 e. The first-order valence-electron chi connectivity index (χ1n) is 11.1. The van der Waals surface area contributed by atoms with Crippen molar-refractivity contribution in [3.05, 3.63) is 40.4 Å². The Hall–Kier alpha value is -2.41. The first-order valence-corrected chi connectivity index (χ1v) is 11.9. The van der Waals surface area contributed by atoms with Crippen LogP contribution < -0.4 is 4.90 Å². The predicted molar refractivity (Wildman–Crippen MR) is 117 cm³/mol. The van der Waals surface area contributed by atoms with E-state index in [9.17, 15) is 4.79 Å². The van der Waals surface area contributed by atoms with Gasteiger partial charge in [-0.2, -0.15) is 0 Å². The first-order chi connectivity index (χ1) is 14.7. The Bertz CT molecular complexity index is 1090. The lowest BCUT2D eigenvalue weighted by Gasteiger charge is -2.35. The van der Waals surface area contributed by atoms with Crippen molar-refractivity contribution in [3.8, 4) is 0 Å². The van der Waals surface area contributed by atoms with Crippen LogP contribution >= 0.6 is 11.3 Å². The Labute approximate surface area is 179 Å². The van der Waals surface area contributed by atoms with Crippen molar-refractivity contribution in [3.63, 3.8) is 0 Å². The van der Waals surface area contributed by atoms with E-state index in [2.05, 4.69) is 11.8 Å². The van der Waals surface area contributed by atoms with Crippen LogP contribution in [0, 0.1) is 5.92 Å². The van der Waals surface area contributed by atoms with Gasteiger partial charge >= 0.3 is 0 Å². The number of nitrogens with zero attached hydrogens (tertiary/aromatic N) is 4. The molecule has 0 bridgehead atoms. The van der Waals surface area contributed by atoms with Gasteiger partial charge in [-0.1, -0.05) is 6.92 Å². The van der Waals surface area contributed by atoms with Gasteiger partial charge in [0.25, 0.3) is 5.91 Å². The summed E-state index contributed by atoms with van der Waals surface area (Å²) >= 11 is 1.89. The van der Waals surface area contributed by atoms with Crippen molar-refractivity contribution in [1.29, 1.82) is 0 Å². The van der Waals surface area contributed by atoms with Gasteiger partial charge in [0.15, 0.2) is 5.76 Å². The Morgan fingerprint density at radius 3 is 2.73 bits per heavy atom. The summed E-state index contributed by atoms with van der Waals surface area (Å²) in [5.74, 6) is 3.82. The van der Waals surface area contributed by atoms with Crippen molar-refractivity contribution in [2.24, 2.45) is 5.92 Å². The lowest BCUT2D eigenvalue weighted by atomic mass is 9.89. The molecule has 0 aromatic carbocycles. The second kappa shape index (κ2) is 7.08. The molecule has 1 amide bonds. The Morgan fingerprint density at radius 1 is 1.17 bits per heavy atom. The number of hydrogen-bond acceptors (Lipinski definition) is 6. The molecule has 30 heavy (non-hydrogen) atoms. The van der Waals surface area contributed by atoms with Crippen molar-refractivity contribution in [2.45, 2.75) is 44.9 Å². The summed E-state index contributed by atoms with van der Waals surface area (Å²) in [7, 11) is 0. The highest BCUT2D eigenvalue weighted by Gasteiger charge is 2.32. The summed E-state index contributed by atoms with van der Waals surface area (Å²) in [6.45, 7) is 5.32. The maximum atomic E-state index is 12.6. The molecular weight excluding hydrogens is 396 g/mol. The topological polar surface area (TPSA) is 62.5 Å². The molecule has 3 aromatic rings. The Kier molecular flexibility index (Phi) is 4.33. The fraction of sp³-hybridized carbons (Fsp3) is 0.522. The molecule has 3 aliphatic rings. The summed E-state index contributed by atoms with van der Waals surface area (Å²) in [6.07, 6.45) is 7.51. The number of carbonyl (C=O) groups excluding carboxylic acids is 1. The second-order valence-electron chi connectivity index (χ2n) is 8.97. The standard InChI is InChI=1S/C23H26N4O2S/c1-14-4-7-16-18(13-14)30-22-19(16)21(24-20(25-22)15-5-6-15)26-8-10-27(11-9-26)23(28)17-3-2-12-29-17/h2-3,12,14-15H,4-11,13H2,1H3/t14-/m0/s1. The number of piperazine rings is 1. The van der Waals surface area contributed by atoms with E-state index < -0.39 is 0 Å². The van der Waals surface area contributed by atoms with Gasteiger partial charge in [-0.05, 0) is 55.7 Å². The molecule has 3 aromatic heterocycles. The van der Waals surface area contributed by atoms with Crippen molar-refractivity contribution in [1.82, 2.24) is 14.9 Å². The van der Waals surface area contributed by atoms with Gasteiger partial charge in [0, 0.05) is 37.0 Å². The fourth-order valence-corrected chi connectivity index (χ4v) is 6.15. The van der Waals surface area contributed by atoms with Gasteiger partial charge < -0.3 is 14.2 Å².